The van der Waals surface area contributed by atoms with Crippen molar-refractivity contribution in [1.82, 2.24) is 0 Å². The summed E-state index contributed by atoms with van der Waals surface area (Å²) in [4.78, 5) is 11.7. The van der Waals surface area contributed by atoms with Crippen LogP contribution in [0, 0.1) is 0 Å². The average molecular weight is 275 g/mol. The number of ketones is 1. The van der Waals surface area contributed by atoms with Crippen LogP contribution in [0.3, 0.4) is 0 Å². The van der Waals surface area contributed by atoms with Gasteiger partial charge in [0.25, 0.3) is 0 Å². The average Bonchev–Trinajstić information content (AvgIpc) is 2.27. The van der Waals surface area contributed by atoms with E-state index in [1.807, 2.05) is 36.4 Å². The molecule has 0 N–H and O–H groups in total. The molecule has 16 heavy (non-hydrogen) atoms. The molecule has 2 rings (SSSR count). The van der Waals surface area contributed by atoms with E-state index in [2.05, 4.69) is 22.5 Å². The Kier molecular flexibility index (Phi) is 2.92. The maximum Gasteiger partial charge on any atom is 0.188 e. The molecular weight excluding hydrogens is 264 g/mol. The second-order valence-corrected chi connectivity index (χ2v) is 4.73. The molecule has 0 spiro atoms. The van der Waals surface area contributed by atoms with Crippen LogP contribution in [-0.2, 0) is 0 Å². The first-order chi connectivity index (χ1) is 7.58. The highest BCUT2D eigenvalue weighted by Gasteiger charge is 2.06. The fraction of sp³-hybridized carbons (Fsp3) is 0.0714. The summed E-state index contributed by atoms with van der Waals surface area (Å²) in [5.74, 6) is 0.00446. The Morgan fingerprint density at radius 2 is 1.75 bits per heavy atom. The maximum atomic E-state index is 11.7. The maximum absolute atomic E-state index is 11.7. The number of allylic oxidation sites excluding steroid dienone is 1. The molecule has 0 aliphatic heterocycles. The first-order valence-corrected chi connectivity index (χ1v) is 5.77. The van der Waals surface area contributed by atoms with Gasteiger partial charge in [-0.15, -0.1) is 0 Å². The number of rotatable bonds is 2. The summed E-state index contributed by atoms with van der Waals surface area (Å²) < 4.78 is 1.04. The Morgan fingerprint density at radius 3 is 2.44 bits per heavy atom. The number of hydrogen-bond donors (Lipinski definition) is 0. The minimum Gasteiger partial charge on any atom is -0.289 e. The van der Waals surface area contributed by atoms with Crippen LogP contribution in [0.4, 0.5) is 0 Å². The smallest absolute Gasteiger partial charge is 0.188 e. The van der Waals surface area contributed by atoms with Crippen LogP contribution >= 0.6 is 15.9 Å². The van der Waals surface area contributed by atoms with Crippen LogP contribution in [0.25, 0.3) is 10.8 Å². The van der Waals surface area contributed by atoms with Crippen LogP contribution in [0.2, 0.25) is 0 Å². The van der Waals surface area contributed by atoms with E-state index in [1.165, 1.54) is 0 Å². The quantitative estimate of drug-likeness (QED) is 0.587. The van der Waals surface area contributed by atoms with Gasteiger partial charge in [0.1, 0.15) is 0 Å². The molecule has 0 atom stereocenters. The van der Waals surface area contributed by atoms with Crippen LogP contribution in [-0.4, -0.2) is 5.78 Å². The monoisotopic (exact) mass is 274 g/mol. The number of carbonyl (C=O) groups is 1. The molecule has 0 saturated heterocycles. The molecule has 0 heterocycles. The lowest BCUT2D eigenvalue weighted by Crippen LogP contribution is -1.98. The molecule has 0 aliphatic carbocycles. The van der Waals surface area contributed by atoms with E-state index in [9.17, 15) is 4.79 Å². The molecule has 1 nitrogen and oxygen atoms in total. The Bertz CT molecular complexity index is 584. The van der Waals surface area contributed by atoms with E-state index < -0.39 is 0 Å². The SMILES string of the molecule is C=C(C)C(=O)c1ccc2cc(Br)ccc2c1. The molecule has 2 heteroatoms. The summed E-state index contributed by atoms with van der Waals surface area (Å²) in [6.07, 6.45) is 0. The Balaban J connectivity index is 2.57. The summed E-state index contributed by atoms with van der Waals surface area (Å²) in [6, 6.07) is 11.7. The van der Waals surface area contributed by atoms with Gasteiger partial charge in [0.2, 0.25) is 0 Å². The molecule has 80 valence electrons. The topological polar surface area (TPSA) is 17.1 Å². The van der Waals surface area contributed by atoms with E-state index in [-0.39, 0.29) is 5.78 Å². The van der Waals surface area contributed by atoms with Gasteiger partial charge >= 0.3 is 0 Å². The van der Waals surface area contributed by atoms with Crippen molar-refractivity contribution >= 4 is 32.5 Å². The Labute approximate surface area is 103 Å². The molecule has 0 aromatic heterocycles. The van der Waals surface area contributed by atoms with Gasteiger partial charge < -0.3 is 0 Å². The normalized spacial score (nSPS) is 10.4. The first-order valence-electron chi connectivity index (χ1n) is 4.97. The number of fused-ring (bicyclic) bond motifs is 1. The molecule has 0 amide bonds. The van der Waals surface area contributed by atoms with Crippen molar-refractivity contribution in [1.29, 1.82) is 0 Å². The van der Waals surface area contributed by atoms with Crippen LogP contribution in [0.1, 0.15) is 17.3 Å². The van der Waals surface area contributed by atoms with Gasteiger partial charge in [0.05, 0.1) is 0 Å². The molecule has 0 bridgehead atoms. The number of halogens is 1. The highest BCUT2D eigenvalue weighted by atomic mass is 79.9. The van der Waals surface area contributed by atoms with Crippen LogP contribution < -0.4 is 0 Å². The van der Waals surface area contributed by atoms with Crippen molar-refractivity contribution in [3.63, 3.8) is 0 Å². The Morgan fingerprint density at radius 1 is 1.12 bits per heavy atom. The fourth-order valence-corrected chi connectivity index (χ4v) is 1.98. The molecule has 0 radical (unpaired) electrons. The van der Waals surface area contributed by atoms with Crippen LogP contribution in [0.15, 0.2) is 53.0 Å². The number of benzene rings is 2. The lowest BCUT2D eigenvalue weighted by molar-refractivity contribution is 0.103. The van der Waals surface area contributed by atoms with Crippen molar-refractivity contribution in [3.8, 4) is 0 Å². The zero-order chi connectivity index (χ0) is 11.7. The fourth-order valence-electron chi connectivity index (χ4n) is 1.60. The minimum atomic E-state index is 0.00446. The number of hydrogen-bond acceptors (Lipinski definition) is 1. The van der Waals surface area contributed by atoms with Crippen molar-refractivity contribution in [3.05, 3.63) is 58.6 Å². The summed E-state index contributed by atoms with van der Waals surface area (Å²) in [5.41, 5.74) is 1.26. The third kappa shape index (κ3) is 2.07. The molecule has 2 aromatic carbocycles. The van der Waals surface area contributed by atoms with Gasteiger partial charge in [-0.2, -0.15) is 0 Å². The largest absolute Gasteiger partial charge is 0.289 e. The van der Waals surface area contributed by atoms with Gasteiger partial charge in [0, 0.05) is 10.0 Å². The van der Waals surface area contributed by atoms with Crippen molar-refractivity contribution in [2.45, 2.75) is 6.92 Å². The van der Waals surface area contributed by atoms with E-state index in [0.29, 0.717) is 11.1 Å². The molecule has 0 aliphatic rings. The van der Waals surface area contributed by atoms with Gasteiger partial charge in [0.15, 0.2) is 5.78 Å². The van der Waals surface area contributed by atoms with Crippen molar-refractivity contribution in [2.75, 3.05) is 0 Å². The third-order valence-corrected chi connectivity index (χ3v) is 2.95. The summed E-state index contributed by atoms with van der Waals surface area (Å²) in [6.45, 7) is 5.40. The van der Waals surface area contributed by atoms with Crippen molar-refractivity contribution in [2.24, 2.45) is 0 Å². The second-order valence-electron chi connectivity index (χ2n) is 3.82. The standard InChI is InChI=1S/C14H11BrO/c1-9(2)14(16)12-4-3-11-8-13(15)6-5-10(11)7-12/h3-8H,1H2,2H3. The summed E-state index contributed by atoms with van der Waals surface area (Å²) in [5, 5.41) is 2.18. The zero-order valence-corrected chi connectivity index (χ0v) is 10.5. The lowest BCUT2D eigenvalue weighted by atomic mass is 10.0. The predicted molar refractivity (Wildman–Crippen MR) is 70.8 cm³/mol. The highest BCUT2D eigenvalue weighted by molar-refractivity contribution is 9.10. The van der Waals surface area contributed by atoms with Gasteiger partial charge in [-0.1, -0.05) is 40.7 Å². The third-order valence-electron chi connectivity index (χ3n) is 2.45. The number of carbonyl (C=O) groups excluding carboxylic acids is 1. The highest BCUT2D eigenvalue weighted by Crippen LogP contribution is 2.21. The van der Waals surface area contributed by atoms with Gasteiger partial charge in [-0.3, -0.25) is 4.79 Å². The van der Waals surface area contributed by atoms with E-state index in [0.717, 1.165) is 15.2 Å². The predicted octanol–water partition coefficient (Wildman–Crippen LogP) is 4.36. The molecule has 0 saturated carbocycles. The molecule has 2 aromatic rings. The number of Topliss-reactive ketones (excluding diaryl/α,β-unsaturated/α-hetero) is 1. The zero-order valence-electron chi connectivity index (χ0n) is 8.96. The lowest BCUT2D eigenvalue weighted by Gasteiger charge is -2.03. The van der Waals surface area contributed by atoms with E-state index in [1.54, 1.807) is 6.92 Å². The van der Waals surface area contributed by atoms with Gasteiger partial charge in [-0.05, 0) is 41.5 Å². The van der Waals surface area contributed by atoms with Crippen LogP contribution in [0.5, 0.6) is 0 Å². The second kappa shape index (κ2) is 4.22. The van der Waals surface area contributed by atoms with E-state index in [4.69, 9.17) is 0 Å². The van der Waals surface area contributed by atoms with Crippen molar-refractivity contribution < 1.29 is 4.79 Å². The summed E-state index contributed by atoms with van der Waals surface area (Å²) >= 11 is 3.42. The minimum absolute atomic E-state index is 0.00446. The molecule has 0 fully saturated rings. The van der Waals surface area contributed by atoms with E-state index >= 15 is 0 Å². The van der Waals surface area contributed by atoms with Gasteiger partial charge in [-0.25, -0.2) is 0 Å². The Hall–Kier alpha value is -1.41. The summed E-state index contributed by atoms with van der Waals surface area (Å²) in [7, 11) is 0. The first kappa shape index (κ1) is 11.1. The molecular formula is C14H11BrO. The molecule has 0 unspecified atom stereocenters.